The molecule has 2 aromatic heterocycles. The largest absolute Gasteiger partial charge is 0.488 e. The van der Waals surface area contributed by atoms with Crippen LogP contribution in [0.15, 0.2) is 53.4 Å². The van der Waals surface area contributed by atoms with Gasteiger partial charge in [0.05, 0.1) is 12.8 Å². The van der Waals surface area contributed by atoms with Crippen molar-refractivity contribution in [3.8, 4) is 5.75 Å². The molecular weight excluding hydrogens is 280 g/mol. The van der Waals surface area contributed by atoms with E-state index in [1.54, 1.807) is 36.9 Å². The Morgan fingerprint density at radius 3 is 3.00 bits per heavy atom. The van der Waals surface area contributed by atoms with Crippen LogP contribution >= 0.6 is 0 Å². The lowest BCUT2D eigenvalue weighted by Gasteiger charge is -2.32. The van der Waals surface area contributed by atoms with Crippen molar-refractivity contribution in [1.29, 1.82) is 0 Å². The lowest BCUT2D eigenvalue weighted by atomic mass is 10.1. The molecular formula is C17H18N2O3. The number of hydrogen-bond acceptors (Lipinski definition) is 4. The summed E-state index contributed by atoms with van der Waals surface area (Å²) in [6.45, 7) is 1.36. The Kier molecular flexibility index (Phi) is 4.53. The maximum atomic E-state index is 12.2. The predicted octanol–water partition coefficient (Wildman–Crippen LogP) is 2.76. The van der Waals surface area contributed by atoms with Gasteiger partial charge in [-0.15, -0.1) is 0 Å². The molecule has 3 heterocycles. The molecule has 0 N–H and O–H groups in total. The Hall–Kier alpha value is -2.56. The molecule has 0 aliphatic carbocycles. The van der Waals surface area contributed by atoms with Gasteiger partial charge in [0.2, 0.25) is 5.91 Å². The third-order valence-electron chi connectivity index (χ3n) is 3.58. The quantitative estimate of drug-likeness (QED) is 0.814. The summed E-state index contributed by atoms with van der Waals surface area (Å²) in [7, 11) is 0. The lowest BCUT2D eigenvalue weighted by molar-refractivity contribution is -0.128. The molecule has 0 spiro atoms. The number of aromatic nitrogens is 1. The first-order valence-corrected chi connectivity index (χ1v) is 7.38. The van der Waals surface area contributed by atoms with E-state index >= 15 is 0 Å². The molecule has 3 rings (SSSR count). The molecule has 22 heavy (non-hydrogen) atoms. The van der Waals surface area contributed by atoms with E-state index in [0.29, 0.717) is 12.3 Å². The number of furan rings is 1. The molecule has 5 nitrogen and oxygen atoms in total. The fourth-order valence-electron chi connectivity index (χ4n) is 2.49. The molecule has 1 aliphatic rings. The standard InChI is InChI=1S/C17H18N2O3/c20-17(6-5-14-4-2-12-21-14)19-11-1-3-16(13-19)22-15-7-9-18-10-8-15/h2,4-10,12,16H,1,3,11,13H2. The normalized spacial score (nSPS) is 18.5. The fourth-order valence-corrected chi connectivity index (χ4v) is 2.49. The van der Waals surface area contributed by atoms with Gasteiger partial charge in [-0.3, -0.25) is 9.78 Å². The summed E-state index contributed by atoms with van der Waals surface area (Å²) in [5.41, 5.74) is 0. The average molecular weight is 298 g/mol. The van der Waals surface area contributed by atoms with E-state index in [1.165, 1.54) is 0 Å². The second kappa shape index (κ2) is 6.93. The van der Waals surface area contributed by atoms with Crippen molar-refractivity contribution in [2.24, 2.45) is 0 Å². The Labute approximate surface area is 129 Å². The second-order valence-corrected chi connectivity index (χ2v) is 5.20. The summed E-state index contributed by atoms with van der Waals surface area (Å²) < 4.78 is 11.1. The number of carbonyl (C=O) groups is 1. The van der Waals surface area contributed by atoms with E-state index in [4.69, 9.17) is 9.15 Å². The monoisotopic (exact) mass is 298 g/mol. The minimum Gasteiger partial charge on any atom is -0.488 e. The zero-order chi connectivity index (χ0) is 15.2. The van der Waals surface area contributed by atoms with Gasteiger partial charge >= 0.3 is 0 Å². The van der Waals surface area contributed by atoms with Crippen LogP contribution < -0.4 is 4.74 Å². The van der Waals surface area contributed by atoms with Crippen molar-refractivity contribution in [2.75, 3.05) is 13.1 Å². The minimum absolute atomic E-state index is 0.0144. The molecule has 5 heteroatoms. The minimum atomic E-state index is -0.0144. The Balaban J connectivity index is 1.57. The Morgan fingerprint density at radius 2 is 2.23 bits per heavy atom. The zero-order valence-corrected chi connectivity index (χ0v) is 12.2. The number of amides is 1. The maximum absolute atomic E-state index is 12.2. The van der Waals surface area contributed by atoms with Crippen LogP contribution in [0.4, 0.5) is 0 Å². The zero-order valence-electron chi connectivity index (χ0n) is 12.2. The molecule has 1 fully saturated rings. The van der Waals surface area contributed by atoms with E-state index in [1.807, 2.05) is 23.1 Å². The van der Waals surface area contributed by atoms with Crippen molar-refractivity contribution in [2.45, 2.75) is 18.9 Å². The van der Waals surface area contributed by atoms with Crippen LogP contribution in [0.2, 0.25) is 0 Å². The smallest absolute Gasteiger partial charge is 0.246 e. The third-order valence-corrected chi connectivity index (χ3v) is 3.58. The van der Waals surface area contributed by atoms with E-state index in [-0.39, 0.29) is 12.0 Å². The molecule has 0 radical (unpaired) electrons. The van der Waals surface area contributed by atoms with E-state index in [2.05, 4.69) is 4.98 Å². The van der Waals surface area contributed by atoms with Crippen molar-refractivity contribution in [3.63, 3.8) is 0 Å². The molecule has 114 valence electrons. The van der Waals surface area contributed by atoms with Gasteiger partial charge in [-0.1, -0.05) is 0 Å². The van der Waals surface area contributed by atoms with Gasteiger partial charge in [-0.2, -0.15) is 0 Å². The third kappa shape index (κ3) is 3.75. The van der Waals surface area contributed by atoms with Crippen molar-refractivity contribution >= 4 is 12.0 Å². The number of ether oxygens (including phenoxy) is 1. The van der Waals surface area contributed by atoms with Crippen LogP contribution in [0.1, 0.15) is 18.6 Å². The molecule has 0 aromatic carbocycles. The topological polar surface area (TPSA) is 55.6 Å². The number of hydrogen-bond donors (Lipinski definition) is 0. The highest BCUT2D eigenvalue weighted by Gasteiger charge is 2.23. The maximum Gasteiger partial charge on any atom is 0.246 e. The van der Waals surface area contributed by atoms with Crippen LogP contribution in [0.3, 0.4) is 0 Å². The van der Waals surface area contributed by atoms with Crippen LogP contribution in [0, 0.1) is 0 Å². The van der Waals surface area contributed by atoms with Gasteiger partial charge in [0.1, 0.15) is 17.6 Å². The first-order valence-electron chi connectivity index (χ1n) is 7.38. The molecule has 1 unspecified atom stereocenters. The summed E-state index contributed by atoms with van der Waals surface area (Å²) in [6, 6.07) is 7.27. The van der Waals surface area contributed by atoms with E-state index in [9.17, 15) is 4.79 Å². The van der Waals surface area contributed by atoms with Gasteiger partial charge in [0, 0.05) is 25.0 Å². The predicted molar refractivity (Wildman–Crippen MR) is 82.2 cm³/mol. The number of rotatable bonds is 4. The average Bonchev–Trinajstić information content (AvgIpc) is 3.07. The lowest BCUT2D eigenvalue weighted by Crippen LogP contribution is -2.43. The van der Waals surface area contributed by atoms with E-state index < -0.39 is 0 Å². The molecule has 0 saturated carbocycles. The molecule has 1 aliphatic heterocycles. The van der Waals surface area contributed by atoms with Gasteiger partial charge in [0.15, 0.2) is 0 Å². The fraction of sp³-hybridized carbons (Fsp3) is 0.294. The summed E-state index contributed by atoms with van der Waals surface area (Å²) in [6.07, 6.45) is 10.1. The van der Waals surface area contributed by atoms with Crippen LogP contribution in [0.5, 0.6) is 5.75 Å². The highest BCUT2D eigenvalue weighted by molar-refractivity contribution is 5.91. The summed E-state index contributed by atoms with van der Waals surface area (Å²) >= 11 is 0. The molecule has 1 amide bonds. The Bertz CT molecular complexity index is 623. The number of nitrogens with zero attached hydrogens (tertiary/aromatic N) is 2. The van der Waals surface area contributed by atoms with Crippen LogP contribution in [-0.2, 0) is 4.79 Å². The highest BCUT2D eigenvalue weighted by Crippen LogP contribution is 2.18. The first kappa shape index (κ1) is 14.4. The highest BCUT2D eigenvalue weighted by atomic mass is 16.5. The van der Waals surface area contributed by atoms with Crippen molar-refractivity contribution in [1.82, 2.24) is 9.88 Å². The number of piperidine rings is 1. The first-order chi connectivity index (χ1) is 10.8. The Morgan fingerprint density at radius 1 is 1.36 bits per heavy atom. The molecule has 1 saturated heterocycles. The second-order valence-electron chi connectivity index (χ2n) is 5.20. The van der Waals surface area contributed by atoms with Gasteiger partial charge in [0.25, 0.3) is 0 Å². The molecule has 2 aromatic rings. The molecule has 1 atom stereocenters. The number of carbonyl (C=O) groups excluding carboxylic acids is 1. The molecule has 0 bridgehead atoms. The van der Waals surface area contributed by atoms with Crippen molar-refractivity contribution in [3.05, 3.63) is 54.8 Å². The summed E-state index contributed by atoms with van der Waals surface area (Å²) in [5.74, 6) is 1.45. The van der Waals surface area contributed by atoms with Gasteiger partial charge in [-0.05, 0) is 43.2 Å². The van der Waals surface area contributed by atoms with E-state index in [0.717, 1.165) is 25.1 Å². The number of likely N-dealkylation sites (tertiary alicyclic amines) is 1. The summed E-state index contributed by atoms with van der Waals surface area (Å²) in [4.78, 5) is 18.0. The number of pyridine rings is 1. The van der Waals surface area contributed by atoms with Crippen molar-refractivity contribution < 1.29 is 13.9 Å². The summed E-state index contributed by atoms with van der Waals surface area (Å²) in [5, 5.41) is 0. The van der Waals surface area contributed by atoms with Crippen LogP contribution in [-0.4, -0.2) is 35.0 Å². The van der Waals surface area contributed by atoms with Gasteiger partial charge < -0.3 is 14.1 Å². The van der Waals surface area contributed by atoms with Gasteiger partial charge in [-0.25, -0.2) is 0 Å². The van der Waals surface area contributed by atoms with Crippen LogP contribution in [0.25, 0.3) is 6.08 Å². The SMILES string of the molecule is O=C(C=Cc1ccco1)N1CCCC(Oc2ccncc2)C1.